The molecule has 7 nitrogen and oxygen atoms in total. The summed E-state index contributed by atoms with van der Waals surface area (Å²) in [6, 6.07) is -0.785. The third-order valence-corrected chi connectivity index (χ3v) is 7.77. The van der Waals surface area contributed by atoms with Crippen LogP contribution in [0.3, 0.4) is 0 Å². The molecule has 7 heteroatoms. The average Bonchev–Trinajstić information content (AvgIpc) is 2.79. The van der Waals surface area contributed by atoms with E-state index in [0.29, 0.717) is 18.4 Å². The van der Waals surface area contributed by atoms with Crippen LogP contribution in [0.15, 0.2) is 0 Å². The van der Waals surface area contributed by atoms with Crippen LogP contribution >= 0.6 is 0 Å². The van der Waals surface area contributed by atoms with Gasteiger partial charge in [0.2, 0.25) is 5.91 Å². The van der Waals surface area contributed by atoms with Crippen LogP contribution in [0.25, 0.3) is 0 Å². The zero-order valence-electron chi connectivity index (χ0n) is 20.7. The standard InChI is InChI=1S/C25H48N2O5/c1-5-17-10-8-11-19(7-3)24(30)27-15-9-12-18(6-2)20(14-13-17)32-25-23(29)21(26)22(28)16(4)31-25/h16-23,25,28-29H,5-15,26H2,1-4H3,(H,27,30)/t16-,17-,18-,19-,20+,21+,22-,23+,25-/m1/s1. The van der Waals surface area contributed by atoms with Crippen molar-refractivity contribution >= 4 is 5.91 Å². The lowest BCUT2D eigenvalue weighted by atomic mass is 9.85. The molecule has 2 saturated heterocycles. The van der Waals surface area contributed by atoms with Gasteiger partial charge >= 0.3 is 0 Å². The number of carbonyl (C=O) groups excluding carboxylic acids is 1. The summed E-state index contributed by atoms with van der Waals surface area (Å²) in [4.78, 5) is 12.6. The molecule has 0 radical (unpaired) electrons. The molecule has 32 heavy (non-hydrogen) atoms. The Morgan fingerprint density at radius 3 is 2.41 bits per heavy atom. The molecule has 0 aliphatic carbocycles. The Morgan fingerprint density at radius 1 is 1.00 bits per heavy atom. The molecule has 0 bridgehead atoms. The van der Waals surface area contributed by atoms with Crippen molar-refractivity contribution in [2.75, 3.05) is 6.54 Å². The molecular weight excluding hydrogens is 408 g/mol. The van der Waals surface area contributed by atoms with Crippen molar-refractivity contribution in [3.63, 3.8) is 0 Å². The molecule has 2 rings (SSSR count). The summed E-state index contributed by atoms with van der Waals surface area (Å²) in [5.74, 6) is 1.23. The second kappa shape index (κ2) is 13.9. The number of aliphatic hydroxyl groups excluding tert-OH is 2. The van der Waals surface area contributed by atoms with Crippen LogP contribution in [0.4, 0.5) is 0 Å². The lowest BCUT2D eigenvalue weighted by Crippen LogP contribution is -2.61. The summed E-state index contributed by atoms with van der Waals surface area (Å²) in [5, 5.41) is 23.8. The third kappa shape index (κ3) is 7.66. The Morgan fingerprint density at radius 2 is 1.75 bits per heavy atom. The van der Waals surface area contributed by atoms with Crippen molar-refractivity contribution in [3.8, 4) is 0 Å². The Kier molecular flexibility index (Phi) is 11.9. The van der Waals surface area contributed by atoms with Crippen molar-refractivity contribution in [1.82, 2.24) is 5.32 Å². The fraction of sp³-hybridized carbons (Fsp3) is 0.960. The lowest BCUT2D eigenvalue weighted by Gasteiger charge is -2.42. The molecule has 5 N–H and O–H groups in total. The van der Waals surface area contributed by atoms with Gasteiger partial charge in [0.05, 0.1) is 24.4 Å². The van der Waals surface area contributed by atoms with E-state index in [-0.39, 0.29) is 17.9 Å². The van der Waals surface area contributed by atoms with Gasteiger partial charge in [0, 0.05) is 12.5 Å². The largest absolute Gasteiger partial charge is 0.389 e. The van der Waals surface area contributed by atoms with Gasteiger partial charge in [-0.05, 0) is 57.3 Å². The number of hydrogen-bond donors (Lipinski definition) is 4. The van der Waals surface area contributed by atoms with Crippen molar-refractivity contribution in [3.05, 3.63) is 0 Å². The minimum Gasteiger partial charge on any atom is -0.389 e. The van der Waals surface area contributed by atoms with Gasteiger partial charge in [-0.1, -0.05) is 46.5 Å². The quantitative estimate of drug-likeness (QED) is 0.505. The van der Waals surface area contributed by atoms with E-state index in [4.69, 9.17) is 15.2 Å². The molecular formula is C25H48N2O5. The Balaban J connectivity index is 2.11. The molecule has 0 aromatic heterocycles. The topological polar surface area (TPSA) is 114 Å². The molecule has 0 spiro atoms. The molecule has 2 heterocycles. The minimum atomic E-state index is -1.06. The van der Waals surface area contributed by atoms with Gasteiger partial charge in [-0.3, -0.25) is 4.79 Å². The van der Waals surface area contributed by atoms with Gasteiger partial charge in [-0.2, -0.15) is 0 Å². The van der Waals surface area contributed by atoms with Crippen LogP contribution in [-0.2, 0) is 14.3 Å². The van der Waals surface area contributed by atoms with Crippen molar-refractivity contribution in [2.24, 2.45) is 23.5 Å². The van der Waals surface area contributed by atoms with Crippen molar-refractivity contribution in [1.29, 1.82) is 0 Å². The second-order valence-corrected chi connectivity index (χ2v) is 9.93. The van der Waals surface area contributed by atoms with Crippen molar-refractivity contribution < 1.29 is 24.5 Å². The normalized spacial score (nSPS) is 41.0. The first-order valence-corrected chi connectivity index (χ1v) is 13.0. The minimum absolute atomic E-state index is 0.0506. The van der Waals surface area contributed by atoms with Crippen LogP contribution in [0.2, 0.25) is 0 Å². The lowest BCUT2D eigenvalue weighted by molar-refractivity contribution is -0.286. The molecule has 188 valence electrons. The van der Waals surface area contributed by atoms with Crippen molar-refractivity contribution in [2.45, 2.75) is 129 Å². The first kappa shape index (κ1) is 27.5. The maximum absolute atomic E-state index is 12.6. The van der Waals surface area contributed by atoms with E-state index < -0.39 is 30.6 Å². The molecule has 0 aromatic rings. The summed E-state index contributed by atoms with van der Waals surface area (Å²) in [7, 11) is 0. The number of carbonyl (C=O) groups is 1. The summed E-state index contributed by atoms with van der Waals surface area (Å²) in [6.07, 6.45) is 6.63. The maximum Gasteiger partial charge on any atom is 0.223 e. The molecule has 1 amide bonds. The van der Waals surface area contributed by atoms with Gasteiger partial charge in [-0.15, -0.1) is 0 Å². The van der Waals surface area contributed by atoms with E-state index in [1.165, 1.54) is 0 Å². The Labute approximate surface area is 194 Å². The molecule has 0 unspecified atom stereocenters. The van der Waals surface area contributed by atoms with Crippen LogP contribution in [0, 0.1) is 17.8 Å². The van der Waals surface area contributed by atoms with Crippen LogP contribution in [-0.4, -0.2) is 59.4 Å². The summed E-state index contributed by atoms with van der Waals surface area (Å²) in [6.45, 7) is 8.96. The average molecular weight is 457 g/mol. The van der Waals surface area contributed by atoms with Gasteiger partial charge in [-0.25, -0.2) is 0 Å². The van der Waals surface area contributed by atoms with E-state index in [9.17, 15) is 15.0 Å². The highest BCUT2D eigenvalue weighted by atomic mass is 16.7. The molecule has 2 aliphatic heterocycles. The van der Waals surface area contributed by atoms with E-state index in [1.54, 1.807) is 6.92 Å². The zero-order valence-corrected chi connectivity index (χ0v) is 20.7. The number of amides is 1. The number of hydrogen-bond acceptors (Lipinski definition) is 6. The molecule has 0 aromatic carbocycles. The first-order chi connectivity index (χ1) is 15.3. The van der Waals surface area contributed by atoms with E-state index >= 15 is 0 Å². The van der Waals surface area contributed by atoms with E-state index in [1.807, 2.05) is 0 Å². The Bertz CT molecular complexity index is 548. The summed E-state index contributed by atoms with van der Waals surface area (Å²) in [5.41, 5.74) is 6.03. The number of aliphatic hydroxyl groups is 2. The fourth-order valence-electron chi connectivity index (χ4n) is 5.27. The smallest absolute Gasteiger partial charge is 0.223 e. The van der Waals surface area contributed by atoms with Gasteiger partial charge < -0.3 is 30.7 Å². The highest BCUT2D eigenvalue weighted by Gasteiger charge is 2.42. The third-order valence-electron chi connectivity index (χ3n) is 7.77. The number of ether oxygens (including phenoxy) is 2. The number of rotatable bonds is 5. The molecule has 2 fully saturated rings. The second-order valence-electron chi connectivity index (χ2n) is 9.93. The van der Waals surface area contributed by atoms with E-state index in [0.717, 1.165) is 64.2 Å². The van der Waals surface area contributed by atoms with E-state index in [2.05, 4.69) is 26.1 Å². The van der Waals surface area contributed by atoms with Crippen LogP contribution < -0.4 is 11.1 Å². The number of nitrogens with two attached hydrogens (primary N) is 1. The molecule has 2 aliphatic rings. The van der Waals surface area contributed by atoms with Gasteiger partial charge in [0.15, 0.2) is 6.29 Å². The SMILES string of the molecule is CC[C@@H]1CCC[C@@H](CC)C(=O)NCCC[C@@H](CC)[C@@H](O[C@H]2O[C@H](C)[C@@H](O)[C@H](N)[C@@H]2O)CC1. The highest BCUT2D eigenvalue weighted by Crippen LogP contribution is 2.31. The predicted molar refractivity (Wildman–Crippen MR) is 126 cm³/mol. The number of nitrogens with one attached hydrogen (secondary N) is 1. The maximum atomic E-state index is 12.6. The van der Waals surface area contributed by atoms with Crippen LogP contribution in [0.1, 0.15) is 91.9 Å². The summed E-state index contributed by atoms with van der Waals surface area (Å²) < 4.78 is 12.2. The monoisotopic (exact) mass is 456 g/mol. The molecule has 0 saturated carbocycles. The molecule has 9 atom stereocenters. The Hall–Kier alpha value is -0.730. The fourth-order valence-corrected chi connectivity index (χ4v) is 5.27. The first-order valence-electron chi connectivity index (χ1n) is 13.0. The van der Waals surface area contributed by atoms with Crippen LogP contribution in [0.5, 0.6) is 0 Å². The van der Waals surface area contributed by atoms with Gasteiger partial charge in [0.25, 0.3) is 0 Å². The zero-order chi connectivity index (χ0) is 23.7. The summed E-state index contributed by atoms with van der Waals surface area (Å²) >= 11 is 0. The highest BCUT2D eigenvalue weighted by molar-refractivity contribution is 5.78. The predicted octanol–water partition coefficient (Wildman–Crippen LogP) is 3.10. The van der Waals surface area contributed by atoms with Gasteiger partial charge in [0.1, 0.15) is 6.10 Å².